The summed E-state index contributed by atoms with van der Waals surface area (Å²) in [5.74, 6) is 2.64. The normalized spacial score (nSPS) is 13.7. The first-order valence-electron chi connectivity index (χ1n) is 6.52. The molecule has 1 saturated carbocycles. The van der Waals surface area contributed by atoms with Crippen LogP contribution in [-0.2, 0) is 4.79 Å². The molecule has 1 fully saturated rings. The number of thiazole rings is 1. The van der Waals surface area contributed by atoms with Crippen LogP contribution in [-0.4, -0.2) is 22.4 Å². The van der Waals surface area contributed by atoms with Crippen LogP contribution in [0.2, 0.25) is 5.15 Å². The van der Waals surface area contributed by atoms with Crippen molar-refractivity contribution in [2.24, 2.45) is 5.92 Å². The lowest BCUT2D eigenvalue weighted by Gasteiger charge is -2.17. The first kappa shape index (κ1) is 14.1. The maximum Gasteiger partial charge on any atom is 0.231 e. The molecule has 0 saturated heterocycles. The lowest BCUT2D eigenvalue weighted by atomic mass is 10.3. The Morgan fingerprint density at radius 1 is 1.57 bits per heavy atom. The van der Waals surface area contributed by atoms with Crippen LogP contribution in [0.3, 0.4) is 0 Å². The van der Waals surface area contributed by atoms with E-state index in [4.69, 9.17) is 18.0 Å². The molecule has 21 heavy (non-hydrogen) atoms. The minimum absolute atomic E-state index is 0.0382. The fraction of sp³-hybridized carbons (Fsp3) is 0.267. The zero-order valence-electron chi connectivity index (χ0n) is 11.1. The van der Waals surface area contributed by atoms with E-state index in [0.717, 1.165) is 23.4 Å². The summed E-state index contributed by atoms with van der Waals surface area (Å²) >= 11 is 7.57. The van der Waals surface area contributed by atoms with Crippen molar-refractivity contribution in [2.75, 3.05) is 11.4 Å². The molecule has 1 amide bonds. The average molecular weight is 318 g/mol. The van der Waals surface area contributed by atoms with Crippen LogP contribution in [0.1, 0.15) is 12.8 Å². The predicted molar refractivity (Wildman–Crippen MR) is 84.3 cm³/mol. The van der Waals surface area contributed by atoms with Crippen LogP contribution in [0.5, 0.6) is 0 Å². The number of anilines is 1. The molecule has 0 bridgehead atoms. The Morgan fingerprint density at radius 3 is 3.00 bits per heavy atom. The second kappa shape index (κ2) is 5.84. The molecule has 2 aromatic heterocycles. The molecule has 3 rings (SSSR count). The number of aromatic nitrogens is 2. The first-order valence-corrected chi connectivity index (χ1v) is 7.71. The van der Waals surface area contributed by atoms with Crippen LogP contribution in [0.15, 0.2) is 24.5 Å². The fourth-order valence-corrected chi connectivity index (χ4v) is 3.27. The number of hydrogen-bond acceptors (Lipinski definition) is 4. The summed E-state index contributed by atoms with van der Waals surface area (Å²) in [6, 6.07) is 3.74. The summed E-state index contributed by atoms with van der Waals surface area (Å²) in [5.41, 5.74) is 0.871. The summed E-state index contributed by atoms with van der Waals surface area (Å²) in [7, 11) is 0. The van der Waals surface area contributed by atoms with Gasteiger partial charge in [-0.3, -0.25) is 14.7 Å². The molecule has 0 aliphatic heterocycles. The van der Waals surface area contributed by atoms with Gasteiger partial charge in [-0.25, -0.2) is 4.98 Å². The fourth-order valence-electron chi connectivity index (χ4n) is 1.96. The summed E-state index contributed by atoms with van der Waals surface area (Å²) in [5, 5.41) is 1.65. The van der Waals surface area contributed by atoms with Gasteiger partial charge in [0.25, 0.3) is 0 Å². The minimum atomic E-state index is 0.0382. The highest BCUT2D eigenvalue weighted by Crippen LogP contribution is 2.40. The molecular formula is C15H12ClN3OS. The van der Waals surface area contributed by atoms with Crippen molar-refractivity contribution < 1.29 is 4.79 Å². The van der Waals surface area contributed by atoms with Gasteiger partial charge in [-0.1, -0.05) is 28.9 Å². The zero-order valence-corrected chi connectivity index (χ0v) is 12.7. The molecule has 0 radical (unpaired) electrons. The van der Waals surface area contributed by atoms with Crippen molar-refractivity contribution in [3.63, 3.8) is 0 Å². The van der Waals surface area contributed by atoms with E-state index in [-0.39, 0.29) is 18.4 Å². The number of halogens is 1. The van der Waals surface area contributed by atoms with E-state index in [1.165, 1.54) is 11.3 Å². The summed E-state index contributed by atoms with van der Waals surface area (Å²) in [4.78, 5) is 22.3. The van der Waals surface area contributed by atoms with Crippen molar-refractivity contribution >= 4 is 33.8 Å². The standard InChI is InChI=1S/C15H12ClN3OS/c1-2-8-19(14(20)10-5-6-10)15-12(16)18-13(21-15)11-4-3-7-17-9-11/h1,3-4,7,9-10H,5-6,8H2. The van der Waals surface area contributed by atoms with Crippen LogP contribution in [0.25, 0.3) is 10.6 Å². The summed E-state index contributed by atoms with van der Waals surface area (Å²) < 4.78 is 0. The smallest absolute Gasteiger partial charge is 0.231 e. The third kappa shape index (κ3) is 2.92. The number of carbonyl (C=O) groups is 1. The number of pyridine rings is 1. The van der Waals surface area contributed by atoms with E-state index in [0.29, 0.717) is 10.2 Å². The highest BCUT2D eigenvalue weighted by Gasteiger charge is 2.35. The Labute approximate surface area is 131 Å². The van der Waals surface area contributed by atoms with Gasteiger partial charge >= 0.3 is 0 Å². The molecule has 1 aliphatic carbocycles. The SMILES string of the molecule is C#CCN(C(=O)C1CC1)c1sc(-c2cccnc2)nc1Cl. The molecule has 1 aliphatic rings. The van der Waals surface area contributed by atoms with E-state index < -0.39 is 0 Å². The van der Waals surface area contributed by atoms with Gasteiger partial charge in [0.05, 0.1) is 6.54 Å². The van der Waals surface area contributed by atoms with Gasteiger partial charge in [0, 0.05) is 23.9 Å². The molecule has 106 valence electrons. The zero-order chi connectivity index (χ0) is 14.8. The Bertz CT molecular complexity index is 703. The quantitative estimate of drug-likeness (QED) is 0.813. The van der Waals surface area contributed by atoms with Crippen LogP contribution >= 0.6 is 22.9 Å². The highest BCUT2D eigenvalue weighted by molar-refractivity contribution is 7.19. The third-order valence-electron chi connectivity index (χ3n) is 3.17. The van der Waals surface area contributed by atoms with Crippen molar-refractivity contribution in [3.8, 4) is 22.9 Å². The van der Waals surface area contributed by atoms with Gasteiger partial charge in [-0.15, -0.1) is 6.42 Å². The molecule has 2 heterocycles. The lowest BCUT2D eigenvalue weighted by Crippen LogP contribution is -2.32. The van der Waals surface area contributed by atoms with E-state index >= 15 is 0 Å². The molecule has 0 spiro atoms. The van der Waals surface area contributed by atoms with Crippen LogP contribution in [0.4, 0.5) is 5.00 Å². The molecular weight excluding hydrogens is 306 g/mol. The molecule has 4 nitrogen and oxygen atoms in total. The summed E-state index contributed by atoms with van der Waals surface area (Å²) in [6.45, 7) is 0.212. The van der Waals surface area contributed by atoms with Crippen LogP contribution in [0, 0.1) is 18.3 Å². The maximum atomic E-state index is 12.3. The van der Waals surface area contributed by atoms with E-state index in [2.05, 4.69) is 15.9 Å². The molecule has 2 aromatic rings. The Morgan fingerprint density at radius 2 is 2.38 bits per heavy atom. The summed E-state index contributed by atoms with van der Waals surface area (Å²) in [6.07, 6.45) is 10.6. The highest BCUT2D eigenvalue weighted by atomic mass is 35.5. The molecule has 6 heteroatoms. The molecule has 0 unspecified atom stereocenters. The predicted octanol–water partition coefficient (Wildman–Crippen LogP) is 3.23. The van der Waals surface area contributed by atoms with Gasteiger partial charge in [-0.05, 0) is 25.0 Å². The van der Waals surface area contributed by atoms with Crippen molar-refractivity contribution in [1.82, 2.24) is 9.97 Å². The van der Waals surface area contributed by atoms with Crippen molar-refractivity contribution in [1.29, 1.82) is 0 Å². The second-order valence-corrected chi connectivity index (χ2v) is 6.09. The molecule has 0 N–H and O–H groups in total. The van der Waals surface area contributed by atoms with E-state index in [1.807, 2.05) is 12.1 Å². The Hall–Kier alpha value is -1.90. The van der Waals surface area contributed by atoms with Gasteiger partial charge < -0.3 is 0 Å². The number of amides is 1. The maximum absolute atomic E-state index is 12.3. The Balaban J connectivity index is 1.95. The van der Waals surface area contributed by atoms with Crippen LogP contribution < -0.4 is 4.90 Å². The number of nitrogens with zero attached hydrogens (tertiary/aromatic N) is 3. The van der Waals surface area contributed by atoms with Crippen molar-refractivity contribution in [3.05, 3.63) is 29.7 Å². The third-order valence-corrected chi connectivity index (χ3v) is 4.67. The number of hydrogen-bond donors (Lipinski definition) is 0. The minimum Gasteiger partial charge on any atom is -0.289 e. The molecule has 0 aromatic carbocycles. The van der Waals surface area contributed by atoms with Crippen molar-refractivity contribution in [2.45, 2.75) is 12.8 Å². The average Bonchev–Trinajstić information content (AvgIpc) is 3.28. The topological polar surface area (TPSA) is 46.1 Å². The van der Waals surface area contributed by atoms with Gasteiger partial charge in [0.1, 0.15) is 10.0 Å². The number of carbonyl (C=O) groups excluding carboxylic acids is 1. The molecule has 0 atom stereocenters. The lowest BCUT2D eigenvalue weighted by molar-refractivity contribution is -0.119. The second-order valence-electron chi connectivity index (χ2n) is 4.76. The number of rotatable bonds is 4. The van der Waals surface area contributed by atoms with Gasteiger partial charge in [0.2, 0.25) is 5.91 Å². The Kier molecular flexibility index (Phi) is 3.91. The van der Waals surface area contributed by atoms with Gasteiger partial charge in [0.15, 0.2) is 5.15 Å². The number of terminal acetylenes is 1. The monoisotopic (exact) mass is 317 g/mol. The largest absolute Gasteiger partial charge is 0.289 e. The van der Waals surface area contributed by atoms with E-state index in [9.17, 15) is 4.79 Å². The van der Waals surface area contributed by atoms with Gasteiger partial charge in [-0.2, -0.15) is 0 Å². The van der Waals surface area contributed by atoms with E-state index in [1.54, 1.807) is 17.3 Å². The first-order chi connectivity index (χ1) is 10.2.